The predicted molar refractivity (Wildman–Crippen MR) is 160 cm³/mol. The Morgan fingerprint density at radius 2 is 1.72 bits per heavy atom. The Hall–Kier alpha value is -5.04. The van der Waals surface area contributed by atoms with E-state index >= 15 is 0 Å². The molecule has 1 fully saturated rings. The Morgan fingerprint density at radius 1 is 1.00 bits per heavy atom. The quantitative estimate of drug-likeness (QED) is 0.256. The first-order chi connectivity index (χ1) is 21.8. The van der Waals surface area contributed by atoms with Crippen LogP contribution in [0.2, 0.25) is 0 Å². The summed E-state index contributed by atoms with van der Waals surface area (Å²) in [7, 11) is 0. The van der Waals surface area contributed by atoms with E-state index in [9.17, 15) is 44.7 Å². The lowest BCUT2D eigenvalue weighted by Crippen LogP contribution is -2.48. The predicted octanol–water partition coefficient (Wildman–Crippen LogP) is 3.46. The summed E-state index contributed by atoms with van der Waals surface area (Å²) < 4.78 is 11.7. The van der Waals surface area contributed by atoms with Gasteiger partial charge in [-0.25, -0.2) is 4.79 Å². The number of hydrogen-bond donors (Lipinski definition) is 5. The first-order valence-electron chi connectivity index (χ1n) is 14.6. The minimum absolute atomic E-state index is 0.000869. The normalized spacial score (nSPS) is 23.8. The number of carbonyl (C=O) groups excluding carboxylic acids is 2. The summed E-state index contributed by atoms with van der Waals surface area (Å²) in [6.45, 7) is 3.20. The maximum Gasteiger partial charge on any atom is 0.335 e. The fraction of sp³-hybridized carbons (Fsp3) is 0.294. The number of nitrogens with zero attached hydrogens (tertiary/aromatic N) is 1. The number of fused-ring (bicyclic) bond motifs is 3. The van der Waals surface area contributed by atoms with Gasteiger partial charge in [0.1, 0.15) is 17.6 Å². The molecule has 3 aliphatic rings. The molecule has 6 rings (SSSR count). The second kappa shape index (κ2) is 11.7. The summed E-state index contributed by atoms with van der Waals surface area (Å²) >= 11 is 0. The zero-order valence-electron chi connectivity index (χ0n) is 24.8. The zero-order chi connectivity index (χ0) is 33.0. The van der Waals surface area contributed by atoms with E-state index in [2.05, 4.69) is 0 Å². The number of aliphatic hydroxyl groups is 2. The molecule has 238 valence electrons. The van der Waals surface area contributed by atoms with Crippen molar-refractivity contribution in [2.24, 2.45) is 0 Å². The first-order valence-corrected chi connectivity index (χ1v) is 14.6. The highest BCUT2D eigenvalue weighted by molar-refractivity contribution is 6.41. The minimum atomic E-state index is -1.18. The number of ether oxygens (including phenoxy) is 2. The van der Waals surface area contributed by atoms with Crippen LogP contribution in [0.3, 0.4) is 0 Å². The second-order valence-electron chi connectivity index (χ2n) is 11.7. The topological polar surface area (TPSA) is 191 Å². The molecule has 0 spiro atoms. The molecule has 5 N–H and O–H groups in total. The van der Waals surface area contributed by atoms with E-state index in [1.165, 1.54) is 41.3 Å². The van der Waals surface area contributed by atoms with Crippen LogP contribution in [0, 0.1) is 6.92 Å². The average Bonchev–Trinajstić information content (AvgIpc) is 2.99. The van der Waals surface area contributed by atoms with Gasteiger partial charge in [0.2, 0.25) is 12.1 Å². The van der Waals surface area contributed by atoms with Crippen molar-refractivity contribution in [3.63, 3.8) is 0 Å². The van der Waals surface area contributed by atoms with Crippen LogP contribution in [0.15, 0.2) is 60.3 Å². The van der Waals surface area contributed by atoms with Gasteiger partial charge in [0, 0.05) is 24.1 Å². The van der Waals surface area contributed by atoms with Gasteiger partial charge in [0.15, 0.2) is 5.78 Å². The van der Waals surface area contributed by atoms with Gasteiger partial charge >= 0.3 is 11.9 Å². The number of aliphatic carboxylic acids is 1. The number of aryl methyl sites for hydroxylation is 1. The number of ketones is 2. The van der Waals surface area contributed by atoms with Crippen LogP contribution < -0.4 is 4.74 Å². The Bertz CT molecular complexity index is 1800. The standard InChI is InChI=1S/C34H31NO11/c1-15-10-20-21(12-25(38)39)35(14-17-6-8-18(9-7-17)34(43)44)30-29(27(20)22(36)11-15)32(41)19-4-3-5-24(28(19)33(30)42)46-26-13-23(37)31(40)16(2)45-26/h3-11,16,21,23,26,31,36-37,40H,12-14H2,1-2H3,(H,38,39)(H,43,44)/t16?,21?,23-,26-,31-/m0/s1. The van der Waals surface area contributed by atoms with Gasteiger partial charge in [-0.15, -0.1) is 0 Å². The largest absolute Gasteiger partial charge is 0.507 e. The Balaban J connectivity index is 1.52. The van der Waals surface area contributed by atoms with Crippen LogP contribution in [0.4, 0.5) is 0 Å². The number of hydrogen-bond acceptors (Lipinski definition) is 10. The molecule has 2 heterocycles. The molecular formula is C34H31NO11. The van der Waals surface area contributed by atoms with Gasteiger partial charge in [0.25, 0.3) is 0 Å². The third-order valence-electron chi connectivity index (χ3n) is 8.60. The summed E-state index contributed by atoms with van der Waals surface area (Å²) in [5.41, 5.74) is 1.29. The molecule has 0 radical (unpaired) electrons. The number of carboxylic acids is 2. The van der Waals surface area contributed by atoms with Crippen molar-refractivity contribution in [3.8, 4) is 11.5 Å². The molecule has 46 heavy (non-hydrogen) atoms. The van der Waals surface area contributed by atoms with Crippen LogP contribution in [-0.2, 0) is 16.1 Å². The van der Waals surface area contributed by atoms with E-state index in [1.807, 2.05) is 0 Å². The zero-order valence-corrected chi connectivity index (χ0v) is 24.8. The highest BCUT2D eigenvalue weighted by atomic mass is 16.7. The summed E-state index contributed by atoms with van der Waals surface area (Å²) in [6.07, 6.45) is -4.71. The van der Waals surface area contributed by atoms with E-state index in [0.717, 1.165) is 0 Å². The van der Waals surface area contributed by atoms with Gasteiger partial charge in [-0.05, 0) is 54.8 Å². The van der Waals surface area contributed by atoms with Crippen LogP contribution >= 0.6 is 0 Å². The maximum absolute atomic E-state index is 14.6. The Labute approximate surface area is 262 Å². The van der Waals surface area contributed by atoms with Gasteiger partial charge in [-0.1, -0.05) is 30.3 Å². The van der Waals surface area contributed by atoms with Gasteiger partial charge in [-0.3, -0.25) is 14.4 Å². The molecule has 1 aliphatic carbocycles. The fourth-order valence-electron chi connectivity index (χ4n) is 6.45. The van der Waals surface area contributed by atoms with Gasteiger partial charge in [0.05, 0.1) is 47.1 Å². The molecule has 3 aromatic rings. The van der Waals surface area contributed by atoms with E-state index < -0.39 is 60.6 Å². The molecule has 0 aromatic heterocycles. The number of rotatable bonds is 7. The smallest absolute Gasteiger partial charge is 0.335 e. The lowest BCUT2D eigenvalue weighted by atomic mass is 9.76. The number of phenols is 1. The van der Waals surface area contributed by atoms with E-state index in [0.29, 0.717) is 16.7 Å². The Kier molecular flexibility index (Phi) is 7.88. The summed E-state index contributed by atoms with van der Waals surface area (Å²) in [5, 5.41) is 50.9. The molecule has 0 amide bonds. The molecule has 0 bridgehead atoms. The van der Waals surface area contributed by atoms with E-state index in [1.54, 1.807) is 32.0 Å². The first kappa shape index (κ1) is 31.0. The second-order valence-corrected chi connectivity index (χ2v) is 11.7. The summed E-state index contributed by atoms with van der Waals surface area (Å²) in [4.78, 5) is 54.2. The van der Waals surface area contributed by atoms with Crippen LogP contribution in [0.5, 0.6) is 11.5 Å². The number of aromatic carboxylic acids is 1. The lowest BCUT2D eigenvalue weighted by molar-refractivity contribution is -0.216. The average molecular weight is 630 g/mol. The van der Waals surface area contributed by atoms with Gasteiger partial charge < -0.3 is 39.9 Å². The molecule has 3 aromatic carbocycles. The minimum Gasteiger partial charge on any atom is -0.507 e. The molecule has 2 unspecified atom stereocenters. The molecule has 12 heteroatoms. The highest BCUT2D eigenvalue weighted by Crippen LogP contribution is 2.50. The molecule has 1 saturated heterocycles. The molecular weight excluding hydrogens is 598 g/mol. The lowest BCUT2D eigenvalue weighted by Gasteiger charge is -2.42. The maximum atomic E-state index is 14.6. The number of allylic oxidation sites excluding steroid dienone is 2. The van der Waals surface area contributed by atoms with Crippen molar-refractivity contribution >= 4 is 29.1 Å². The van der Waals surface area contributed by atoms with Crippen LogP contribution in [0.25, 0.3) is 5.57 Å². The number of aliphatic hydroxyl groups excluding tert-OH is 2. The molecule has 5 atom stereocenters. The monoisotopic (exact) mass is 629 g/mol. The number of Topliss-reactive ketones (excluding diaryl/α,β-unsaturated/α-hetero) is 2. The molecule has 2 aliphatic heterocycles. The third-order valence-corrected chi connectivity index (χ3v) is 8.60. The third kappa shape index (κ3) is 5.30. The van der Waals surface area contributed by atoms with Crippen molar-refractivity contribution in [3.05, 3.63) is 99.2 Å². The van der Waals surface area contributed by atoms with Crippen LogP contribution in [0.1, 0.15) is 79.1 Å². The van der Waals surface area contributed by atoms with Gasteiger partial charge in [-0.2, -0.15) is 0 Å². The van der Waals surface area contributed by atoms with Crippen molar-refractivity contribution < 1.29 is 54.2 Å². The molecule has 0 saturated carbocycles. The number of phenolic OH excluding ortho intramolecular Hbond substituents is 1. The van der Waals surface area contributed by atoms with E-state index in [4.69, 9.17) is 9.47 Å². The van der Waals surface area contributed by atoms with E-state index in [-0.39, 0.29) is 58.0 Å². The fourth-order valence-corrected chi connectivity index (χ4v) is 6.45. The SMILES string of the molecule is Cc1cc(O)c2c(c1)C(CC(=O)O)N(Cc1ccc(C(=O)O)cc1)C1=C2C(=O)c2cccc(O[C@H]3C[C@H](O)[C@@H](O)C(C)O3)c2C1=O. The number of aromatic hydroxyl groups is 1. The highest BCUT2D eigenvalue weighted by Gasteiger charge is 2.46. The van der Waals surface area contributed by atoms with Crippen LogP contribution in [-0.4, -0.2) is 78.5 Å². The number of carbonyl (C=O) groups is 4. The van der Waals surface area contributed by atoms with Crippen molar-refractivity contribution in [2.75, 3.05) is 0 Å². The Morgan fingerprint density at radius 3 is 2.37 bits per heavy atom. The van der Waals surface area contributed by atoms with Crippen molar-refractivity contribution in [1.29, 1.82) is 0 Å². The number of benzene rings is 3. The summed E-state index contributed by atoms with van der Waals surface area (Å²) in [5.74, 6) is -3.86. The van der Waals surface area contributed by atoms with Crippen molar-refractivity contribution in [2.45, 2.75) is 63.9 Å². The van der Waals surface area contributed by atoms with Crippen molar-refractivity contribution in [1.82, 2.24) is 4.90 Å². The summed E-state index contributed by atoms with van der Waals surface area (Å²) in [6, 6.07) is 12.4. The number of carboxylic acid groups (broad SMARTS) is 2. The molecule has 12 nitrogen and oxygen atoms in total.